The number of hydrogen-bond acceptors (Lipinski definition) is 2. The van der Waals surface area contributed by atoms with Gasteiger partial charge in [0.25, 0.3) is 0 Å². The molecule has 1 aliphatic heterocycles. The Morgan fingerprint density at radius 1 is 0.923 bits per heavy atom. The molecule has 2 aliphatic rings. The van der Waals surface area contributed by atoms with Crippen molar-refractivity contribution in [3.05, 3.63) is 0 Å². The van der Waals surface area contributed by atoms with Crippen molar-refractivity contribution in [2.45, 2.75) is 50.6 Å². The molecule has 2 fully saturated rings. The molecule has 0 atom stereocenters. The fraction of sp³-hybridized carbons (Fsp3) is 1.00. The minimum absolute atomic E-state index is 0.389. The van der Waals surface area contributed by atoms with E-state index in [9.17, 15) is 0 Å². The summed E-state index contributed by atoms with van der Waals surface area (Å²) < 4.78 is 0. The summed E-state index contributed by atoms with van der Waals surface area (Å²) in [4.78, 5) is 2.70. The second kappa shape index (κ2) is 3.97. The zero-order valence-electron chi connectivity index (χ0n) is 8.81. The van der Waals surface area contributed by atoms with Crippen molar-refractivity contribution in [3.8, 4) is 0 Å². The summed E-state index contributed by atoms with van der Waals surface area (Å²) in [6, 6.07) is 0. The van der Waals surface area contributed by atoms with Gasteiger partial charge in [-0.3, -0.25) is 4.90 Å². The van der Waals surface area contributed by atoms with Crippen LogP contribution in [0.1, 0.15) is 44.9 Å². The van der Waals surface area contributed by atoms with Crippen LogP contribution in [0.2, 0.25) is 0 Å². The number of likely N-dealkylation sites (tertiary alicyclic amines) is 1. The molecule has 2 heteroatoms. The van der Waals surface area contributed by atoms with Gasteiger partial charge in [0.1, 0.15) is 0 Å². The average molecular weight is 182 g/mol. The summed E-state index contributed by atoms with van der Waals surface area (Å²) in [5, 5.41) is 3.57. The monoisotopic (exact) mass is 182 g/mol. The molecular formula is C11H22N2. The fourth-order valence-corrected chi connectivity index (χ4v) is 3.01. The molecule has 2 nitrogen and oxygen atoms in total. The van der Waals surface area contributed by atoms with Crippen LogP contribution in [0.5, 0.6) is 0 Å². The molecule has 1 saturated heterocycles. The van der Waals surface area contributed by atoms with Crippen LogP contribution in [0.3, 0.4) is 0 Å². The molecule has 13 heavy (non-hydrogen) atoms. The predicted octanol–water partition coefficient (Wildman–Crippen LogP) is 1.96. The minimum atomic E-state index is 0.389. The normalized spacial score (nSPS) is 29.3. The Kier molecular flexibility index (Phi) is 2.89. The number of hydrogen-bond donors (Lipinski definition) is 1. The van der Waals surface area contributed by atoms with Gasteiger partial charge in [0, 0.05) is 0 Å². The summed E-state index contributed by atoms with van der Waals surface area (Å²) in [7, 11) is 2.14. The van der Waals surface area contributed by atoms with Crippen molar-refractivity contribution in [1.29, 1.82) is 0 Å². The fourth-order valence-electron chi connectivity index (χ4n) is 3.01. The van der Waals surface area contributed by atoms with Gasteiger partial charge in [-0.05, 0) is 45.8 Å². The van der Waals surface area contributed by atoms with E-state index in [-0.39, 0.29) is 0 Å². The summed E-state index contributed by atoms with van der Waals surface area (Å²) in [5.74, 6) is 0. The molecule has 1 saturated carbocycles. The molecule has 0 aromatic carbocycles. The van der Waals surface area contributed by atoms with Gasteiger partial charge in [-0.25, -0.2) is 0 Å². The van der Waals surface area contributed by atoms with Crippen LogP contribution in [-0.2, 0) is 0 Å². The second-order valence-electron chi connectivity index (χ2n) is 4.54. The van der Waals surface area contributed by atoms with Crippen molar-refractivity contribution in [2.75, 3.05) is 20.1 Å². The number of nitrogens with one attached hydrogen (secondary N) is 1. The van der Waals surface area contributed by atoms with Crippen LogP contribution in [0.15, 0.2) is 0 Å². The zero-order valence-corrected chi connectivity index (χ0v) is 8.81. The molecule has 0 aromatic heterocycles. The molecule has 1 heterocycles. The lowest BCUT2D eigenvalue weighted by Crippen LogP contribution is -2.57. The van der Waals surface area contributed by atoms with E-state index in [1.807, 2.05) is 0 Å². The van der Waals surface area contributed by atoms with Crippen molar-refractivity contribution in [2.24, 2.45) is 0 Å². The molecule has 0 bridgehead atoms. The highest BCUT2D eigenvalue weighted by atomic mass is 15.3. The molecule has 76 valence electrons. The SMILES string of the molecule is CNC1(N2CCCCC2)CCCC1. The van der Waals surface area contributed by atoms with E-state index in [2.05, 4.69) is 17.3 Å². The first-order valence-electron chi connectivity index (χ1n) is 5.81. The van der Waals surface area contributed by atoms with Crippen molar-refractivity contribution < 1.29 is 0 Å². The topological polar surface area (TPSA) is 15.3 Å². The molecule has 2 rings (SSSR count). The maximum atomic E-state index is 3.57. The lowest BCUT2D eigenvalue weighted by molar-refractivity contribution is 0.0480. The van der Waals surface area contributed by atoms with E-state index < -0.39 is 0 Å². The molecule has 1 N–H and O–H groups in total. The van der Waals surface area contributed by atoms with Crippen LogP contribution in [-0.4, -0.2) is 30.7 Å². The number of piperidine rings is 1. The van der Waals surface area contributed by atoms with Crippen molar-refractivity contribution in [3.63, 3.8) is 0 Å². The Balaban J connectivity index is 2.01. The van der Waals surface area contributed by atoms with E-state index >= 15 is 0 Å². The van der Waals surface area contributed by atoms with Crippen LogP contribution >= 0.6 is 0 Å². The predicted molar refractivity (Wildman–Crippen MR) is 55.7 cm³/mol. The third-order valence-corrected chi connectivity index (χ3v) is 3.86. The summed E-state index contributed by atoms with van der Waals surface area (Å²) in [5.41, 5.74) is 0.389. The smallest absolute Gasteiger partial charge is 0.0710 e. The lowest BCUT2D eigenvalue weighted by atomic mass is 10.0. The van der Waals surface area contributed by atoms with Gasteiger partial charge < -0.3 is 5.32 Å². The standard InChI is InChI=1S/C11H22N2/c1-12-11(7-3-4-8-11)13-9-5-2-6-10-13/h12H,2-10H2,1H3. The first-order valence-corrected chi connectivity index (χ1v) is 5.81. The quantitative estimate of drug-likeness (QED) is 0.702. The Labute approximate surface area is 81.7 Å². The summed E-state index contributed by atoms with van der Waals surface area (Å²) in [6.07, 6.45) is 9.81. The van der Waals surface area contributed by atoms with Gasteiger partial charge in [-0.2, -0.15) is 0 Å². The maximum Gasteiger partial charge on any atom is 0.0710 e. The van der Waals surface area contributed by atoms with Gasteiger partial charge in [0.05, 0.1) is 5.66 Å². The van der Waals surface area contributed by atoms with Crippen molar-refractivity contribution in [1.82, 2.24) is 10.2 Å². The van der Waals surface area contributed by atoms with E-state index in [1.165, 1.54) is 58.0 Å². The van der Waals surface area contributed by atoms with Crippen LogP contribution in [0.4, 0.5) is 0 Å². The molecule has 0 aromatic rings. The van der Waals surface area contributed by atoms with E-state index in [0.29, 0.717) is 5.66 Å². The van der Waals surface area contributed by atoms with Gasteiger partial charge in [-0.1, -0.05) is 19.3 Å². The van der Waals surface area contributed by atoms with Gasteiger partial charge in [-0.15, -0.1) is 0 Å². The highest BCUT2D eigenvalue weighted by Gasteiger charge is 2.38. The Hall–Kier alpha value is -0.0800. The molecule has 1 aliphatic carbocycles. The van der Waals surface area contributed by atoms with Gasteiger partial charge >= 0.3 is 0 Å². The third-order valence-electron chi connectivity index (χ3n) is 3.86. The van der Waals surface area contributed by atoms with Crippen LogP contribution in [0, 0.1) is 0 Å². The highest BCUT2D eigenvalue weighted by molar-refractivity contribution is 4.92. The average Bonchev–Trinajstić information content (AvgIpc) is 2.69. The van der Waals surface area contributed by atoms with Gasteiger partial charge in [0.2, 0.25) is 0 Å². The molecule has 0 radical (unpaired) electrons. The Morgan fingerprint density at radius 2 is 1.54 bits per heavy atom. The Morgan fingerprint density at radius 3 is 2.08 bits per heavy atom. The molecular weight excluding hydrogens is 160 g/mol. The maximum absolute atomic E-state index is 3.57. The van der Waals surface area contributed by atoms with Crippen molar-refractivity contribution >= 4 is 0 Å². The van der Waals surface area contributed by atoms with Crippen LogP contribution < -0.4 is 5.32 Å². The van der Waals surface area contributed by atoms with E-state index in [4.69, 9.17) is 0 Å². The number of nitrogens with zero attached hydrogens (tertiary/aromatic N) is 1. The largest absolute Gasteiger partial charge is 0.302 e. The Bertz CT molecular complexity index is 155. The van der Waals surface area contributed by atoms with E-state index in [0.717, 1.165) is 0 Å². The second-order valence-corrected chi connectivity index (χ2v) is 4.54. The van der Waals surface area contributed by atoms with Crippen LogP contribution in [0.25, 0.3) is 0 Å². The van der Waals surface area contributed by atoms with E-state index in [1.54, 1.807) is 0 Å². The third kappa shape index (κ3) is 1.75. The minimum Gasteiger partial charge on any atom is -0.302 e. The van der Waals surface area contributed by atoms with Gasteiger partial charge in [0.15, 0.2) is 0 Å². The highest BCUT2D eigenvalue weighted by Crippen LogP contribution is 2.34. The number of rotatable bonds is 2. The first kappa shape index (κ1) is 9.47. The summed E-state index contributed by atoms with van der Waals surface area (Å²) in [6.45, 7) is 2.64. The molecule has 0 amide bonds. The summed E-state index contributed by atoms with van der Waals surface area (Å²) >= 11 is 0. The zero-order chi connectivity index (χ0) is 9.15. The lowest BCUT2D eigenvalue weighted by Gasteiger charge is -2.43. The first-order chi connectivity index (χ1) is 6.37. The molecule has 0 unspecified atom stereocenters. The molecule has 0 spiro atoms.